The Morgan fingerprint density at radius 3 is 2.88 bits per heavy atom. The summed E-state index contributed by atoms with van der Waals surface area (Å²) >= 11 is 0. The van der Waals surface area contributed by atoms with Crippen molar-refractivity contribution in [2.24, 2.45) is 7.05 Å². The summed E-state index contributed by atoms with van der Waals surface area (Å²) in [6.45, 7) is 0.500. The molecule has 0 atom stereocenters. The van der Waals surface area contributed by atoms with Crippen molar-refractivity contribution in [2.45, 2.75) is 38.1 Å². The van der Waals surface area contributed by atoms with Crippen molar-refractivity contribution in [3.05, 3.63) is 36.3 Å². The van der Waals surface area contributed by atoms with Gasteiger partial charge in [-0.25, -0.2) is 15.0 Å². The van der Waals surface area contributed by atoms with Gasteiger partial charge in [0.2, 0.25) is 0 Å². The molecule has 0 radical (unpaired) electrons. The number of carbonyl (C=O) groups is 1. The number of aromatic nitrogens is 6. The fourth-order valence-corrected chi connectivity index (χ4v) is 3.43. The zero-order valence-corrected chi connectivity index (χ0v) is 14.2. The predicted molar refractivity (Wildman–Crippen MR) is 92.1 cm³/mol. The summed E-state index contributed by atoms with van der Waals surface area (Å²) in [6.07, 6.45) is 10.5. The maximum Gasteiger partial charge on any atom is 0.252 e. The summed E-state index contributed by atoms with van der Waals surface area (Å²) in [6, 6.07) is 2.30. The van der Waals surface area contributed by atoms with E-state index in [0.29, 0.717) is 24.6 Å². The van der Waals surface area contributed by atoms with Gasteiger partial charge in [-0.1, -0.05) is 12.8 Å². The van der Waals surface area contributed by atoms with Gasteiger partial charge in [0, 0.05) is 32.3 Å². The Morgan fingerprint density at radius 2 is 2.12 bits per heavy atom. The number of fused-ring (bicyclic) bond motifs is 1. The molecule has 1 fully saturated rings. The lowest BCUT2D eigenvalue weighted by Gasteiger charge is -2.11. The fraction of sp³-hybridized carbons (Fsp3) is 0.471. The Kier molecular flexibility index (Phi) is 4.17. The first-order valence-electron chi connectivity index (χ1n) is 8.66. The Balaban J connectivity index is 1.44. The molecule has 0 bridgehead atoms. The lowest BCUT2D eigenvalue weighted by Crippen LogP contribution is -2.26. The van der Waals surface area contributed by atoms with Crippen LogP contribution in [0.2, 0.25) is 0 Å². The van der Waals surface area contributed by atoms with Crippen LogP contribution in [0.5, 0.6) is 0 Å². The van der Waals surface area contributed by atoms with E-state index in [2.05, 4.69) is 29.9 Å². The first kappa shape index (κ1) is 15.7. The van der Waals surface area contributed by atoms with Crippen LogP contribution in [0, 0.1) is 0 Å². The van der Waals surface area contributed by atoms with Crippen molar-refractivity contribution in [3.8, 4) is 0 Å². The fourth-order valence-electron chi connectivity index (χ4n) is 3.43. The Labute approximate surface area is 145 Å². The molecule has 1 aliphatic carbocycles. The zero-order chi connectivity index (χ0) is 17.2. The number of hydrogen-bond donors (Lipinski definition) is 1. The lowest BCUT2D eigenvalue weighted by atomic mass is 10.2. The molecule has 1 saturated carbocycles. The van der Waals surface area contributed by atoms with E-state index in [9.17, 15) is 4.79 Å². The van der Waals surface area contributed by atoms with E-state index < -0.39 is 0 Å². The van der Waals surface area contributed by atoms with E-state index in [1.54, 1.807) is 10.9 Å². The molecule has 4 rings (SSSR count). The van der Waals surface area contributed by atoms with E-state index in [0.717, 1.165) is 17.0 Å². The number of aryl methyl sites for hydroxylation is 1. The second kappa shape index (κ2) is 6.62. The first-order chi connectivity index (χ1) is 12.2. The molecule has 1 amide bonds. The van der Waals surface area contributed by atoms with E-state index in [1.165, 1.54) is 32.0 Å². The third-order valence-electron chi connectivity index (χ3n) is 4.83. The third kappa shape index (κ3) is 3.11. The minimum Gasteiger partial charge on any atom is -0.352 e. The SMILES string of the molecule is Cn1ncnc1CCNC(=O)c1cnc2c(c1)ncn2C1CCCC1. The Bertz CT molecular complexity index is 891. The molecule has 8 heteroatoms. The maximum atomic E-state index is 12.3. The van der Waals surface area contributed by atoms with E-state index in [1.807, 2.05) is 19.4 Å². The van der Waals surface area contributed by atoms with Crippen molar-refractivity contribution in [1.29, 1.82) is 0 Å². The number of rotatable bonds is 5. The molecule has 0 aliphatic heterocycles. The maximum absolute atomic E-state index is 12.3. The minimum absolute atomic E-state index is 0.146. The van der Waals surface area contributed by atoms with Gasteiger partial charge in [0.1, 0.15) is 17.7 Å². The van der Waals surface area contributed by atoms with Crippen LogP contribution in [-0.2, 0) is 13.5 Å². The molecule has 130 valence electrons. The molecule has 25 heavy (non-hydrogen) atoms. The van der Waals surface area contributed by atoms with Crippen molar-refractivity contribution in [1.82, 2.24) is 34.6 Å². The summed E-state index contributed by atoms with van der Waals surface area (Å²) in [7, 11) is 1.84. The van der Waals surface area contributed by atoms with Crippen molar-refractivity contribution >= 4 is 17.1 Å². The lowest BCUT2D eigenvalue weighted by molar-refractivity contribution is 0.0953. The van der Waals surface area contributed by atoms with Crippen molar-refractivity contribution in [2.75, 3.05) is 6.54 Å². The topological polar surface area (TPSA) is 90.5 Å². The van der Waals surface area contributed by atoms with Gasteiger partial charge in [0.05, 0.1) is 11.9 Å². The van der Waals surface area contributed by atoms with Crippen molar-refractivity contribution < 1.29 is 4.79 Å². The summed E-state index contributed by atoms with van der Waals surface area (Å²) in [5, 5.41) is 6.91. The largest absolute Gasteiger partial charge is 0.352 e. The normalized spacial score (nSPS) is 15.1. The highest BCUT2D eigenvalue weighted by Crippen LogP contribution is 2.31. The molecule has 3 heterocycles. The van der Waals surface area contributed by atoms with Gasteiger partial charge in [-0.3, -0.25) is 9.48 Å². The van der Waals surface area contributed by atoms with Crippen LogP contribution in [-0.4, -0.2) is 41.8 Å². The smallest absolute Gasteiger partial charge is 0.252 e. The van der Waals surface area contributed by atoms with Gasteiger partial charge < -0.3 is 9.88 Å². The predicted octanol–water partition coefficient (Wildman–Crippen LogP) is 1.65. The Morgan fingerprint density at radius 1 is 1.28 bits per heavy atom. The van der Waals surface area contributed by atoms with Gasteiger partial charge >= 0.3 is 0 Å². The van der Waals surface area contributed by atoms with E-state index >= 15 is 0 Å². The number of hydrogen-bond acceptors (Lipinski definition) is 5. The van der Waals surface area contributed by atoms with Crippen LogP contribution in [0.4, 0.5) is 0 Å². The molecule has 0 saturated heterocycles. The average molecular weight is 339 g/mol. The van der Waals surface area contributed by atoms with Gasteiger partial charge in [-0.05, 0) is 18.9 Å². The molecular weight excluding hydrogens is 318 g/mol. The number of nitrogens with one attached hydrogen (secondary N) is 1. The average Bonchev–Trinajstić information content (AvgIpc) is 3.34. The molecule has 0 unspecified atom stereocenters. The van der Waals surface area contributed by atoms with Gasteiger partial charge in [-0.2, -0.15) is 5.10 Å². The minimum atomic E-state index is -0.146. The van der Waals surface area contributed by atoms with Crippen LogP contribution in [0.25, 0.3) is 11.2 Å². The highest BCUT2D eigenvalue weighted by Gasteiger charge is 2.20. The number of carbonyl (C=O) groups excluding carboxylic acids is 1. The Hall–Kier alpha value is -2.77. The van der Waals surface area contributed by atoms with Gasteiger partial charge in [-0.15, -0.1) is 0 Å². The quantitative estimate of drug-likeness (QED) is 0.763. The zero-order valence-electron chi connectivity index (χ0n) is 14.2. The molecule has 1 N–H and O–H groups in total. The summed E-state index contributed by atoms with van der Waals surface area (Å²) in [5.74, 6) is 0.691. The molecular formula is C17H21N7O. The van der Waals surface area contributed by atoms with Crippen LogP contribution in [0.15, 0.2) is 24.9 Å². The third-order valence-corrected chi connectivity index (χ3v) is 4.83. The van der Waals surface area contributed by atoms with Crippen LogP contribution in [0.1, 0.15) is 47.9 Å². The second-order valence-corrected chi connectivity index (χ2v) is 6.46. The number of pyridine rings is 1. The second-order valence-electron chi connectivity index (χ2n) is 6.46. The van der Waals surface area contributed by atoms with Crippen LogP contribution < -0.4 is 5.32 Å². The number of amides is 1. The van der Waals surface area contributed by atoms with Crippen LogP contribution >= 0.6 is 0 Å². The standard InChI is InChI=1S/C17H21N7O/c1-23-15(20-10-22-23)6-7-18-17(25)12-8-14-16(19-9-12)24(11-21-14)13-4-2-3-5-13/h8-11,13H,2-7H2,1H3,(H,18,25). The number of imidazole rings is 1. The monoisotopic (exact) mass is 339 g/mol. The molecule has 8 nitrogen and oxygen atoms in total. The van der Waals surface area contributed by atoms with Gasteiger partial charge in [0.25, 0.3) is 5.91 Å². The molecule has 3 aromatic rings. The molecule has 3 aromatic heterocycles. The summed E-state index contributed by atoms with van der Waals surface area (Å²) in [5.41, 5.74) is 2.16. The van der Waals surface area contributed by atoms with Crippen molar-refractivity contribution in [3.63, 3.8) is 0 Å². The van der Waals surface area contributed by atoms with E-state index in [4.69, 9.17) is 0 Å². The summed E-state index contributed by atoms with van der Waals surface area (Å²) < 4.78 is 3.85. The number of nitrogens with zero attached hydrogens (tertiary/aromatic N) is 6. The summed E-state index contributed by atoms with van der Waals surface area (Å²) in [4.78, 5) is 25.4. The molecule has 0 aromatic carbocycles. The van der Waals surface area contributed by atoms with Crippen LogP contribution in [0.3, 0.4) is 0 Å². The molecule has 1 aliphatic rings. The highest BCUT2D eigenvalue weighted by atomic mass is 16.1. The van der Waals surface area contributed by atoms with Gasteiger partial charge in [0.15, 0.2) is 5.65 Å². The first-order valence-corrected chi connectivity index (χ1v) is 8.66. The van der Waals surface area contributed by atoms with E-state index in [-0.39, 0.29) is 5.91 Å². The molecule has 0 spiro atoms. The highest BCUT2D eigenvalue weighted by molar-refractivity contribution is 5.96.